The highest BCUT2D eigenvalue weighted by atomic mass is 15.2. The van der Waals surface area contributed by atoms with Crippen LogP contribution in [-0.2, 0) is 0 Å². The van der Waals surface area contributed by atoms with Crippen molar-refractivity contribution in [3.63, 3.8) is 0 Å². The van der Waals surface area contributed by atoms with Crippen molar-refractivity contribution in [2.45, 2.75) is 91.9 Å². The Bertz CT molecular complexity index is 460. The second-order valence-electron chi connectivity index (χ2n) is 7.35. The van der Waals surface area contributed by atoms with E-state index in [0.29, 0.717) is 18.9 Å². The molecule has 134 valence electrons. The number of nitrogens with zero attached hydrogens (tertiary/aromatic N) is 2. The molecule has 0 radical (unpaired) electrons. The summed E-state index contributed by atoms with van der Waals surface area (Å²) >= 11 is 0. The normalized spacial score (nSPS) is 12.1. The summed E-state index contributed by atoms with van der Waals surface area (Å²) in [5.41, 5.74) is 1.25. The zero-order valence-electron chi connectivity index (χ0n) is 16.8. The van der Waals surface area contributed by atoms with Crippen molar-refractivity contribution < 1.29 is 0 Å². The topological polar surface area (TPSA) is 15.6 Å². The summed E-state index contributed by atoms with van der Waals surface area (Å²) in [4.78, 5) is 7.65. The minimum absolute atomic E-state index is 0.305. The Balaban J connectivity index is 3.22. The smallest absolute Gasteiger partial charge is 0.256 e. The SMILES string of the molecule is CCCCB(CCCC)N(C(=NC(C)C)c1ccccc1)C(C)C. The van der Waals surface area contributed by atoms with E-state index in [-0.39, 0.29) is 0 Å². The number of benzene rings is 1. The second kappa shape index (κ2) is 11.3. The van der Waals surface area contributed by atoms with Crippen LogP contribution < -0.4 is 0 Å². The van der Waals surface area contributed by atoms with Crippen LogP contribution in [0.25, 0.3) is 0 Å². The van der Waals surface area contributed by atoms with Crippen molar-refractivity contribution in [2.24, 2.45) is 4.99 Å². The molecule has 3 heteroatoms. The van der Waals surface area contributed by atoms with E-state index in [4.69, 9.17) is 4.99 Å². The van der Waals surface area contributed by atoms with Crippen LogP contribution in [0.4, 0.5) is 0 Å². The van der Waals surface area contributed by atoms with Crippen LogP contribution in [-0.4, -0.2) is 29.6 Å². The third-order valence-corrected chi connectivity index (χ3v) is 4.39. The first-order valence-corrected chi connectivity index (χ1v) is 9.92. The molecule has 0 aliphatic carbocycles. The maximum Gasteiger partial charge on any atom is 0.256 e. The van der Waals surface area contributed by atoms with E-state index in [1.165, 1.54) is 49.7 Å². The van der Waals surface area contributed by atoms with Crippen LogP contribution in [0.1, 0.15) is 72.8 Å². The van der Waals surface area contributed by atoms with E-state index in [2.05, 4.69) is 76.7 Å². The van der Waals surface area contributed by atoms with E-state index in [9.17, 15) is 0 Å². The summed E-state index contributed by atoms with van der Waals surface area (Å²) in [5, 5.41) is 0. The van der Waals surface area contributed by atoms with Gasteiger partial charge in [-0.2, -0.15) is 0 Å². The Labute approximate surface area is 150 Å². The lowest BCUT2D eigenvalue weighted by molar-refractivity contribution is 0.500. The molecule has 1 aromatic rings. The summed E-state index contributed by atoms with van der Waals surface area (Å²) in [6.45, 7) is 14.1. The van der Waals surface area contributed by atoms with Crippen LogP contribution in [0.2, 0.25) is 12.6 Å². The van der Waals surface area contributed by atoms with Gasteiger partial charge in [0, 0.05) is 17.6 Å². The van der Waals surface area contributed by atoms with Gasteiger partial charge in [-0.05, 0) is 27.7 Å². The summed E-state index contributed by atoms with van der Waals surface area (Å²) in [5.74, 6) is 1.18. The molecule has 0 unspecified atom stereocenters. The molecule has 0 saturated carbocycles. The number of aliphatic imine (C=N–C) groups is 1. The molecule has 0 heterocycles. The third-order valence-electron chi connectivity index (χ3n) is 4.39. The summed E-state index contributed by atoms with van der Waals surface area (Å²) < 4.78 is 0. The fraction of sp³-hybridized carbons (Fsp3) is 0.667. The van der Waals surface area contributed by atoms with Crippen LogP contribution in [0.15, 0.2) is 35.3 Å². The number of unbranched alkanes of at least 4 members (excludes halogenated alkanes) is 2. The molecule has 1 rings (SSSR count). The van der Waals surface area contributed by atoms with Crippen molar-refractivity contribution >= 4 is 12.7 Å². The molecule has 0 atom stereocenters. The molecule has 0 aromatic heterocycles. The zero-order valence-corrected chi connectivity index (χ0v) is 16.8. The fourth-order valence-electron chi connectivity index (χ4n) is 3.26. The Kier molecular flexibility index (Phi) is 9.82. The van der Waals surface area contributed by atoms with Gasteiger partial charge in [-0.25, -0.2) is 0 Å². The quantitative estimate of drug-likeness (QED) is 0.286. The van der Waals surface area contributed by atoms with Crippen LogP contribution >= 0.6 is 0 Å². The highest BCUT2D eigenvalue weighted by molar-refractivity contribution is 6.59. The van der Waals surface area contributed by atoms with Gasteiger partial charge in [0.05, 0.1) is 0 Å². The number of hydrogen-bond acceptors (Lipinski definition) is 1. The van der Waals surface area contributed by atoms with E-state index >= 15 is 0 Å². The molecule has 2 nitrogen and oxygen atoms in total. The molecule has 0 amide bonds. The van der Waals surface area contributed by atoms with Crippen molar-refractivity contribution in [1.82, 2.24) is 4.81 Å². The molecule has 0 aliphatic heterocycles. The minimum Gasteiger partial charge on any atom is -0.398 e. The molecule has 1 aromatic carbocycles. The molecule has 0 spiro atoms. The van der Waals surface area contributed by atoms with Gasteiger partial charge in [-0.15, -0.1) is 0 Å². The Morgan fingerprint density at radius 1 is 0.958 bits per heavy atom. The van der Waals surface area contributed by atoms with Gasteiger partial charge in [-0.1, -0.05) is 82.5 Å². The summed E-state index contributed by atoms with van der Waals surface area (Å²) in [6.07, 6.45) is 7.63. The second-order valence-corrected chi connectivity index (χ2v) is 7.35. The predicted molar refractivity (Wildman–Crippen MR) is 110 cm³/mol. The lowest BCUT2D eigenvalue weighted by atomic mass is 9.52. The first kappa shape index (κ1) is 20.8. The average molecular weight is 328 g/mol. The summed E-state index contributed by atoms with van der Waals surface area (Å²) in [7, 11) is 0. The third kappa shape index (κ3) is 6.71. The van der Waals surface area contributed by atoms with E-state index in [1.54, 1.807) is 0 Å². The maximum absolute atomic E-state index is 5.05. The van der Waals surface area contributed by atoms with Crippen LogP contribution in [0, 0.1) is 0 Å². The molecular formula is C21H37BN2. The van der Waals surface area contributed by atoms with E-state index in [0.717, 1.165) is 0 Å². The molecule has 0 fully saturated rings. The van der Waals surface area contributed by atoms with Gasteiger partial charge < -0.3 is 4.81 Å². The van der Waals surface area contributed by atoms with Gasteiger partial charge in [0.15, 0.2) is 0 Å². The highest BCUT2D eigenvalue weighted by Crippen LogP contribution is 2.21. The van der Waals surface area contributed by atoms with Gasteiger partial charge in [-0.3, -0.25) is 4.99 Å². The molecule has 24 heavy (non-hydrogen) atoms. The maximum atomic E-state index is 5.05. The highest BCUT2D eigenvalue weighted by Gasteiger charge is 2.28. The Hall–Kier alpha value is -1.25. The Morgan fingerprint density at radius 3 is 1.92 bits per heavy atom. The first-order valence-electron chi connectivity index (χ1n) is 9.92. The number of rotatable bonds is 10. The molecule has 0 N–H and O–H groups in total. The predicted octanol–water partition coefficient (Wildman–Crippen LogP) is 6.14. The molecule has 0 aliphatic rings. The lowest BCUT2D eigenvalue weighted by Crippen LogP contribution is -2.48. The van der Waals surface area contributed by atoms with E-state index in [1.807, 2.05) is 0 Å². The standard InChI is InChI=1S/C21H37BN2/c1-7-9-16-22(17-10-8-2)24(19(5)6)21(23-18(3)4)20-14-12-11-13-15-20/h11-15,18-19H,7-10,16-17H2,1-6H3. The monoisotopic (exact) mass is 328 g/mol. The van der Waals surface area contributed by atoms with Crippen molar-refractivity contribution in [1.29, 1.82) is 0 Å². The van der Waals surface area contributed by atoms with Gasteiger partial charge in [0.1, 0.15) is 5.84 Å². The lowest BCUT2D eigenvalue weighted by Gasteiger charge is -2.37. The van der Waals surface area contributed by atoms with Gasteiger partial charge >= 0.3 is 0 Å². The average Bonchev–Trinajstić information content (AvgIpc) is 2.56. The first-order chi connectivity index (χ1) is 11.5. The number of hydrogen-bond donors (Lipinski definition) is 0. The van der Waals surface area contributed by atoms with Crippen molar-refractivity contribution in [3.05, 3.63) is 35.9 Å². The molecular weight excluding hydrogens is 291 g/mol. The van der Waals surface area contributed by atoms with Gasteiger partial charge in [0.2, 0.25) is 0 Å². The fourth-order valence-corrected chi connectivity index (χ4v) is 3.26. The summed E-state index contributed by atoms with van der Waals surface area (Å²) in [6, 6.07) is 11.5. The number of amidine groups is 1. The van der Waals surface area contributed by atoms with Gasteiger partial charge in [0.25, 0.3) is 6.85 Å². The largest absolute Gasteiger partial charge is 0.398 e. The van der Waals surface area contributed by atoms with Crippen LogP contribution in [0.5, 0.6) is 0 Å². The Morgan fingerprint density at radius 2 is 1.50 bits per heavy atom. The van der Waals surface area contributed by atoms with Crippen LogP contribution in [0.3, 0.4) is 0 Å². The van der Waals surface area contributed by atoms with Crippen molar-refractivity contribution in [2.75, 3.05) is 0 Å². The van der Waals surface area contributed by atoms with E-state index < -0.39 is 0 Å². The van der Waals surface area contributed by atoms with Crippen molar-refractivity contribution in [3.8, 4) is 0 Å². The minimum atomic E-state index is 0.305. The zero-order chi connectivity index (χ0) is 17.9. The molecule has 0 saturated heterocycles. The molecule has 0 bridgehead atoms.